The molecule has 6 nitrogen and oxygen atoms in total. The Bertz CT molecular complexity index is 965. The van der Waals surface area contributed by atoms with Gasteiger partial charge in [-0.25, -0.2) is 4.79 Å². The maximum absolute atomic E-state index is 12.1. The number of pyridine rings is 1. The Labute approximate surface area is 169 Å². The monoisotopic (exact) mass is 388 g/mol. The molecule has 0 amide bonds. The number of nitriles is 1. The third kappa shape index (κ3) is 6.08. The molecule has 0 saturated heterocycles. The zero-order valence-corrected chi connectivity index (χ0v) is 15.9. The van der Waals surface area contributed by atoms with Crippen LogP contribution < -0.4 is 9.47 Å². The number of benzene rings is 2. The number of hydrogen-bond donors (Lipinski definition) is 0. The first-order valence-electron chi connectivity index (χ1n) is 9.09. The molecule has 1 heterocycles. The van der Waals surface area contributed by atoms with Crippen LogP contribution in [0.15, 0.2) is 72.9 Å². The summed E-state index contributed by atoms with van der Waals surface area (Å²) in [7, 11) is 0. The standard InChI is InChI=1S/C23H20N2O4/c1-17(29-22-11-5-18(14-24)6-12-22)23(26)28-15-19-7-9-21(10-8-19)27-16-20-4-2-3-13-25-20/h2-13,17H,15-16H2,1H3. The Morgan fingerprint density at radius 1 is 1.00 bits per heavy atom. The molecule has 0 N–H and O–H groups in total. The smallest absolute Gasteiger partial charge is 0.347 e. The maximum Gasteiger partial charge on any atom is 0.347 e. The number of carbonyl (C=O) groups excluding carboxylic acids is 1. The van der Waals surface area contributed by atoms with E-state index >= 15 is 0 Å². The first-order chi connectivity index (χ1) is 14.1. The molecule has 0 aliphatic carbocycles. The largest absolute Gasteiger partial charge is 0.487 e. The van der Waals surface area contributed by atoms with Crippen LogP contribution in [0.1, 0.15) is 23.7 Å². The van der Waals surface area contributed by atoms with Crippen LogP contribution in [-0.4, -0.2) is 17.1 Å². The van der Waals surface area contributed by atoms with Gasteiger partial charge in [-0.05, 0) is 61.0 Å². The molecule has 1 aromatic heterocycles. The summed E-state index contributed by atoms with van der Waals surface area (Å²) in [5.74, 6) is 0.746. The van der Waals surface area contributed by atoms with Gasteiger partial charge in [0.1, 0.15) is 24.7 Å². The lowest BCUT2D eigenvalue weighted by Gasteiger charge is -2.14. The molecule has 1 atom stereocenters. The van der Waals surface area contributed by atoms with Crippen molar-refractivity contribution >= 4 is 5.97 Å². The highest BCUT2D eigenvalue weighted by molar-refractivity contribution is 5.74. The van der Waals surface area contributed by atoms with Crippen LogP contribution in [0.3, 0.4) is 0 Å². The molecule has 3 aromatic rings. The summed E-state index contributed by atoms with van der Waals surface area (Å²) in [6.45, 7) is 2.15. The zero-order chi connectivity index (χ0) is 20.5. The molecule has 146 valence electrons. The second-order valence-electron chi connectivity index (χ2n) is 6.26. The van der Waals surface area contributed by atoms with Gasteiger partial charge in [-0.2, -0.15) is 5.26 Å². The molecule has 0 bridgehead atoms. The number of aromatic nitrogens is 1. The fraction of sp³-hybridized carbons (Fsp3) is 0.174. The minimum atomic E-state index is -0.760. The summed E-state index contributed by atoms with van der Waals surface area (Å²) in [5, 5.41) is 8.80. The molecule has 29 heavy (non-hydrogen) atoms. The predicted octanol–water partition coefficient (Wildman–Crippen LogP) is 4.04. The highest BCUT2D eigenvalue weighted by Gasteiger charge is 2.16. The van der Waals surface area contributed by atoms with E-state index in [1.165, 1.54) is 0 Å². The van der Waals surface area contributed by atoms with Crippen LogP contribution in [0, 0.1) is 11.3 Å². The number of carbonyl (C=O) groups is 1. The molecule has 2 aromatic carbocycles. The highest BCUT2D eigenvalue weighted by Crippen LogP contribution is 2.16. The summed E-state index contributed by atoms with van der Waals surface area (Å²) < 4.78 is 16.5. The van der Waals surface area contributed by atoms with Crippen molar-refractivity contribution in [3.63, 3.8) is 0 Å². The van der Waals surface area contributed by atoms with Crippen molar-refractivity contribution in [1.82, 2.24) is 4.98 Å². The average Bonchev–Trinajstić information content (AvgIpc) is 2.78. The van der Waals surface area contributed by atoms with Gasteiger partial charge in [-0.1, -0.05) is 18.2 Å². The molecule has 0 radical (unpaired) electrons. The van der Waals surface area contributed by atoms with E-state index in [-0.39, 0.29) is 6.61 Å². The van der Waals surface area contributed by atoms with Crippen molar-refractivity contribution in [3.05, 3.63) is 89.7 Å². The maximum atomic E-state index is 12.1. The van der Waals surface area contributed by atoms with Crippen LogP contribution in [0.2, 0.25) is 0 Å². The third-order valence-electron chi connectivity index (χ3n) is 4.05. The first-order valence-corrected chi connectivity index (χ1v) is 9.09. The summed E-state index contributed by atoms with van der Waals surface area (Å²) in [4.78, 5) is 16.3. The fourth-order valence-corrected chi connectivity index (χ4v) is 2.45. The highest BCUT2D eigenvalue weighted by atomic mass is 16.6. The lowest BCUT2D eigenvalue weighted by molar-refractivity contribution is -0.152. The Balaban J connectivity index is 1.44. The summed E-state index contributed by atoms with van der Waals surface area (Å²) >= 11 is 0. The molecule has 0 aliphatic rings. The Kier molecular flexibility index (Phi) is 6.80. The number of rotatable bonds is 8. The minimum absolute atomic E-state index is 0.139. The van der Waals surface area contributed by atoms with Crippen LogP contribution >= 0.6 is 0 Å². The van der Waals surface area contributed by atoms with Gasteiger partial charge in [0.05, 0.1) is 17.3 Å². The van der Waals surface area contributed by atoms with Gasteiger partial charge >= 0.3 is 5.97 Å². The average molecular weight is 388 g/mol. The first kappa shape index (κ1) is 19.9. The number of hydrogen-bond acceptors (Lipinski definition) is 6. The normalized spacial score (nSPS) is 11.2. The molecule has 6 heteroatoms. The van der Waals surface area contributed by atoms with E-state index in [0.29, 0.717) is 23.7 Å². The van der Waals surface area contributed by atoms with Crippen molar-refractivity contribution in [2.24, 2.45) is 0 Å². The van der Waals surface area contributed by atoms with Gasteiger partial charge in [-0.15, -0.1) is 0 Å². The van der Waals surface area contributed by atoms with Crippen molar-refractivity contribution in [3.8, 4) is 17.6 Å². The SMILES string of the molecule is CC(Oc1ccc(C#N)cc1)C(=O)OCc1ccc(OCc2ccccn2)cc1. The topological polar surface area (TPSA) is 81.4 Å². The van der Waals surface area contributed by atoms with Gasteiger partial charge in [0.2, 0.25) is 0 Å². The van der Waals surface area contributed by atoms with Crippen molar-refractivity contribution < 1.29 is 19.0 Å². The molecule has 0 spiro atoms. The van der Waals surface area contributed by atoms with Crippen LogP contribution in [0.4, 0.5) is 0 Å². The van der Waals surface area contributed by atoms with E-state index in [9.17, 15) is 4.79 Å². The predicted molar refractivity (Wildman–Crippen MR) is 106 cm³/mol. The molecule has 0 aliphatic heterocycles. The second kappa shape index (κ2) is 9.90. The van der Waals surface area contributed by atoms with Crippen LogP contribution in [0.25, 0.3) is 0 Å². The van der Waals surface area contributed by atoms with E-state index in [2.05, 4.69) is 4.98 Å². The summed E-state index contributed by atoms with van der Waals surface area (Å²) in [6, 6.07) is 21.6. The van der Waals surface area contributed by atoms with E-state index in [1.807, 2.05) is 48.5 Å². The Morgan fingerprint density at radius 3 is 2.38 bits per heavy atom. The van der Waals surface area contributed by atoms with Crippen LogP contribution in [-0.2, 0) is 22.7 Å². The summed E-state index contributed by atoms with van der Waals surface area (Å²) in [5.41, 5.74) is 2.22. The molecule has 0 saturated carbocycles. The lowest BCUT2D eigenvalue weighted by atomic mass is 10.2. The molecule has 3 rings (SSSR count). The molecule has 0 fully saturated rings. The number of esters is 1. The quantitative estimate of drug-likeness (QED) is 0.542. The second-order valence-corrected chi connectivity index (χ2v) is 6.26. The Hall–Kier alpha value is -3.85. The Morgan fingerprint density at radius 2 is 1.72 bits per heavy atom. The molecular formula is C23H20N2O4. The molecular weight excluding hydrogens is 368 g/mol. The van der Waals surface area contributed by atoms with Crippen molar-refractivity contribution in [2.75, 3.05) is 0 Å². The van der Waals surface area contributed by atoms with E-state index < -0.39 is 12.1 Å². The lowest BCUT2D eigenvalue weighted by Crippen LogP contribution is -2.26. The summed E-state index contributed by atoms with van der Waals surface area (Å²) in [6.07, 6.45) is 0.964. The van der Waals surface area contributed by atoms with E-state index in [1.54, 1.807) is 37.4 Å². The number of nitrogens with zero attached hydrogens (tertiary/aromatic N) is 2. The number of ether oxygens (including phenoxy) is 3. The van der Waals surface area contributed by atoms with Gasteiger partial charge in [0.25, 0.3) is 0 Å². The van der Waals surface area contributed by atoms with Gasteiger partial charge in [0.15, 0.2) is 6.10 Å². The van der Waals surface area contributed by atoms with E-state index in [4.69, 9.17) is 19.5 Å². The van der Waals surface area contributed by atoms with Crippen LogP contribution in [0.5, 0.6) is 11.5 Å². The van der Waals surface area contributed by atoms with E-state index in [0.717, 1.165) is 11.3 Å². The van der Waals surface area contributed by atoms with Gasteiger partial charge in [0, 0.05) is 6.20 Å². The fourth-order valence-electron chi connectivity index (χ4n) is 2.45. The van der Waals surface area contributed by atoms with Gasteiger partial charge in [-0.3, -0.25) is 4.98 Å². The molecule has 1 unspecified atom stereocenters. The minimum Gasteiger partial charge on any atom is -0.487 e. The van der Waals surface area contributed by atoms with Crippen molar-refractivity contribution in [2.45, 2.75) is 26.2 Å². The third-order valence-corrected chi connectivity index (χ3v) is 4.05. The van der Waals surface area contributed by atoms with Gasteiger partial charge < -0.3 is 14.2 Å². The zero-order valence-electron chi connectivity index (χ0n) is 15.9. The van der Waals surface area contributed by atoms with Crippen molar-refractivity contribution in [1.29, 1.82) is 5.26 Å².